The normalized spacial score (nSPS) is 27.1. The Morgan fingerprint density at radius 1 is 1.64 bits per heavy atom. The minimum absolute atomic E-state index is 0.0616. The molecule has 0 bridgehead atoms. The Morgan fingerprint density at radius 2 is 2.29 bits per heavy atom. The van der Waals surface area contributed by atoms with Gasteiger partial charge in [-0.3, -0.25) is 9.59 Å². The SMILES string of the molecule is CCOC(=O)[C@H]1C(C)=CC(=O)C[C@H]1C. The van der Waals surface area contributed by atoms with Crippen molar-refractivity contribution in [1.29, 1.82) is 0 Å². The Hall–Kier alpha value is -1.12. The van der Waals surface area contributed by atoms with Crippen LogP contribution >= 0.6 is 0 Å². The van der Waals surface area contributed by atoms with Crippen molar-refractivity contribution in [1.82, 2.24) is 0 Å². The predicted octanol–water partition coefficient (Wildman–Crippen LogP) is 1.72. The third kappa shape index (κ3) is 2.22. The number of carbonyl (C=O) groups is 2. The summed E-state index contributed by atoms with van der Waals surface area (Å²) in [4.78, 5) is 22.7. The van der Waals surface area contributed by atoms with Crippen LogP contribution in [0.15, 0.2) is 11.6 Å². The van der Waals surface area contributed by atoms with Crippen LogP contribution in [0, 0.1) is 11.8 Å². The summed E-state index contributed by atoms with van der Waals surface area (Å²) in [7, 11) is 0. The van der Waals surface area contributed by atoms with Gasteiger partial charge in [0.15, 0.2) is 5.78 Å². The zero-order valence-electron chi connectivity index (χ0n) is 8.87. The fraction of sp³-hybridized carbons (Fsp3) is 0.636. The van der Waals surface area contributed by atoms with Gasteiger partial charge >= 0.3 is 5.97 Å². The van der Waals surface area contributed by atoms with Crippen LogP contribution in [0.1, 0.15) is 27.2 Å². The minimum Gasteiger partial charge on any atom is -0.466 e. The van der Waals surface area contributed by atoms with E-state index in [4.69, 9.17) is 4.74 Å². The average Bonchev–Trinajstić information content (AvgIpc) is 2.01. The Labute approximate surface area is 84.1 Å². The molecule has 0 aliphatic heterocycles. The topological polar surface area (TPSA) is 43.4 Å². The third-order valence-corrected chi connectivity index (χ3v) is 2.51. The zero-order chi connectivity index (χ0) is 10.7. The van der Waals surface area contributed by atoms with E-state index in [-0.39, 0.29) is 23.6 Å². The van der Waals surface area contributed by atoms with Crippen molar-refractivity contribution in [2.24, 2.45) is 11.8 Å². The molecule has 0 aromatic rings. The summed E-state index contributed by atoms with van der Waals surface area (Å²) in [5.74, 6) is -0.268. The molecule has 0 spiro atoms. The van der Waals surface area contributed by atoms with Gasteiger partial charge in [-0.1, -0.05) is 12.5 Å². The van der Waals surface area contributed by atoms with Crippen LogP contribution < -0.4 is 0 Å². The van der Waals surface area contributed by atoms with Crippen LogP contribution in [0.3, 0.4) is 0 Å². The first-order valence-electron chi connectivity index (χ1n) is 4.94. The number of hydrogen-bond donors (Lipinski definition) is 0. The molecule has 2 atom stereocenters. The van der Waals surface area contributed by atoms with Gasteiger partial charge in [0.25, 0.3) is 0 Å². The van der Waals surface area contributed by atoms with Crippen molar-refractivity contribution in [3.8, 4) is 0 Å². The smallest absolute Gasteiger partial charge is 0.313 e. The Kier molecular flexibility index (Phi) is 3.44. The molecule has 14 heavy (non-hydrogen) atoms. The Bertz CT molecular complexity index is 278. The number of ketones is 1. The highest BCUT2D eigenvalue weighted by atomic mass is 16.5. The summed E-state index contributed by atoms with van der Waals surface area (Å²) in [6.45, 7) is 5.91. The number of allylic oxidation sites excluding steroid dienone is 1. The fourth-order valence-corrected chi connectivity index (χ4v) is 1.94. The molecule has 0 saturated heterocycles. The molecule has 1 aliphatic rings. The standard InChI is InChI=1S/C11H16O3/c1-4-14-11(13)10-7(2)5-9(12)6-8(10)3/h5,8,10H,4,6H2,1-3H3/t8-,10+/m1/s1. The predicted molar refractivity (Wildman–Crippen MR) is 52.7 cm³/mol. The van der Waals surface area contributed by atoms with Gasteiger partial charge in [0.1, 0.15) is 0 Å². The molecular formula is C11H16O3. The van der Waals surface area contributed by atoms with Gasteiger partial charge in [0.2, 0.25) is 0 Å². The minimum atomic E-state index is -0.229. The maximum absolute atomic E-state index is 11.6. The van der Waals surface area contributed by atoms with Gasteiger partial charge in [0.05, 0.1) is 12.5 Å². The molecule has 0 unspecified atom stereocenters. The molecule has 0 N–H and O–H groups in total. The number of carbonyl (C=O) groups excluding carboxylic acids is 2. The first-order valence-corrected chi connectivity index (χ1v) is 4.94. The highest BCUT2D eigenvalue weighted by molar-refractivity contribution is 5.94. The maximum atomic E-state index is 11.6. The molecular weight excluding hydrogens is 180 g/mol. The van der Waals surface area contributed by atoms with Crippen molar-refractivity contribution in [3.63, 3.8) is 0 Å². The van der Waals surface area contributed by atoms with E-state index in [0.29, 0.717) is 13.0 Å². The van der Waals surface area contributed by atoms with Crippen molar-refractivity contribution < 1.29 is 14.3 Å². The lowest BCUT2D eigenvalue weighted by atomic mass is 9.79. The van der Waals surface area contributed by atoms with E-state index >= 15 is 0 Å². The lowest BCUT2D eigenvalue weighted by Gasteiger charge is -2.25. The summed E-state index contributed by atoms with van der Waals surface area (Å²) >= 11 is 0. The molecule has 78 valence electrons. The van der Waals surface area contributed by atoms with Gasteiger partial charge in [-0.05, 0) is 25.8 Å². The fourth-order valence-electron chi connectivity index (χ4n) is 1.94. The van der Waals surface area contributed by atoms with Crippen LogP contribution in [0.25, 0.3) is 0 Å². The summed E-state index contributed by atoms with van der Waals surface area (Å²) in [5.41, 5.74) is 0.826. The van der Waals surface area contributed by atoms with Crippen LogP contribution in [0.5, 0.6) is 0 Å². The Morgan fingerprint density at radius 3 is 2.79 bits per heavy atom. The number of esters is 1. The van der Waals surface area contributed by atoms with Gasteiger partial charge in [-0.25, -0.2) is 0 Å². The van der Waals surface area contributed by atoms with Gasteiger partial charge in [0, 0.05) is 6.42 Å². The maximum Gasteiger partial charge on any atom is 0.313 e. The second-order valence-electron chi connectivity index (χ2n) is 3.77. The van der Waals surface area contributed by atoms with Crippen LogP contribution in [-0.2, 0) is 14.3 Å². The van der Waals surface area contributed by atoms with Crippen molar-refractivity contribution in [3.05, 3.63) is 11.6 Å². The summed E-state index contributed by atoms with van der Waals surface area (Å²) in [6.07, 6.45) is 2.00. The summed E-state index contributed by atoms with van der Waals surface area (Å²) in [5, 5.41) is 0. The first kappa shape index (κ1) is 11.0. The van der Waals surface area contributed by atoms with Crippen LogP contribution in [0.2, 0.25) is 0 Å². The first-order chi connectivity index (χ1) is 6.56. The number of rotatable bonds is 2. The van der Waals surface area contributed by atoms with E-state index in [1.54, 1.807) is 13.0 Å². The molecule has 1 aliphatic carbocycles. The molecule has 0 saturated carbocycles. The summed E-state index contributed by atoms with van der Waals surface area (Å²) < 4.78 is 4.97. The molecule has 0 radical (unpaired) electrons. The van der Waals surface area contributed by atoms with Crippen LogP contribution in [-0.4, -0.2) is 18.4 Å². The molecule has 1 rings (SSSR count). The van der Waals surface area contributed by atoms with Crippen molar-refractivity contribution in [2.45, 2.75) is 27.2 Å². The monoisotopic (exact) mass is 196 g/mol. The molecule has 0 aromatic heterocycles. The van der Waals surface area contributed by atoms with Gasteiger partial charge in [-0.15, -0.1) is 0 Å². The lowest BCUT2D eigenvalue weighted by Crippen LogP contribution is -2.30. The van der Waals surface area contributed by atoms with Gasteiger partial charge < -0.3 is 4.74 Å². The van der Waals surface area contributed by atoms with E-state index in [1.165, 1.54) is 0 Å². The van der Waals surface area contributed by atoms with E-state index in [1.807, 2.05) is 13.8 Å². The quantitative estimate of drug-likeness (QED) is 0.631. The highest BCUT2D eigenvalue weighted by Gasteiger charge is 2.32. The largest absolute Gasteiger partial charge is 0.466 e. The van der Waals surface area contributed by atoms with Crippen LogP contribution in [0.4, 0.5) is 0 Å². The lowest BCUT2D eigenvalue weighted by molar-refractivity contribution is -0.148. The molecule has 0 heterocycles. The molecule has 0 fully saturated rings. The molecule has 3 nitrogen and oxygen atoms in total. The van der Waals surface area contributed by atoms with E-state index in [2.05, 4.69) is 0 Å². The third-order valence-electron chi connectivity index (χ3n) is 2.51. The molecule has 3 heteroatoms. The van der Waals surface area contributed by atoms with Crippen molar-refractivity contribution in [2.75, 3.05) is 6.61 Å². The zero-order valence-corrected chi connectivity index (χ0v) is 8.87. The highest BCUT2D eigenvalue weighted by Crippen LogP contribution is 2.29. The number of hydrogen-bond acceptors (Lipinski definition) is 3. The van der Waals surface area contributed by atoms with E-state index in [9.17, 15) is 9.59 Å². The molecule has 0 aromatic carbocycles. The van der Waals surface area contributed by atoms with Gasteiger partial charge in [-0.2, -0.15) is 0 Å². The second-order valence-corrected chi connectivity index (χ2v) is 3.77. The summed E-state index contributed by atoms with van der Waals surface area (Å²) in [6, 6.07) is 0. The van der Waals surface area contributed by atoms with Crippen molar-refractivity contribution >= 4 is 11.8 Å². The second kappa shape index (κ2) is 4.40. The number of ether oxygens (including phenoxy) is 1. The Balaban J connectivity index is 2.81. The van der Waals surface area contributed by atoms with E-state index in [0.717, 1.165) is 5.57 Å². The molecule has 0 amide bonds. The average molecular weight is 196 g/mol. The van der Waals surface area contributed by atoms with E-state index < -0.39 is 0 Å².